The van der Waals surface area contributed by atoms with Crippen LogP contribution in [0.4, 0.5) is 0 Å². The molecule has 2 aromatic heterocycles. The van der Waals surface area contributed by atoms with Crippen LogP contribution in [0.15, 0.2) is 48.8 Å². The number of hydrogen-bond acceptors (Lipinski definition) is 2. The number of imidazole rings is 1. The van der Waals surface area contributed by atoms with Crippen molar-refractivity contribution >= 4 is 17.2 Å². The molecule has 1 saturated carbocycles. The lowest BCUT2D eigenvalue weighted by Gasteiger charge is -2.13. The average Bonchev–Trinajstić information content (AvgIpc) is 3.20. The van der Waals surface area contributed by atoms with Crippen molar-refractivity contribution in [1.29, 1.82) is 0 Å². The van der Waals surface area contributed by atoms with E-state index in [0.717, 1.165) is 22.9 Å². The van der Waals surface area contributed by atoms with Crippen LogP contribution in [0.25, 0.3) is 16.9 Å². The van der Waals surface area contributed by atoms with Gasteiger partial charge in [0.05, 0.1) is 5.69 Å². The molecule has 1 aliphatic carbocycles. The van der Waals surface area contributed by atoms with Crippen LogP contribution in [-0.4, -0.2) is 15.4 Å². The molecule has 1 aromatic carbocycles. The Labute approximate surface area is 128 Å². The molecule has 0 saturated heterocycles. The number of fused-ring (bicyclic) bond motifs is 1. The fourth-order valence-electron chi connectivity index (χ4n) is 2.65. The van der Waals surface area contributed by atoms with Gasteiger partial charge in [-0.05, 0) is 42.7 Å². The predicted octanol–water partition coefficient (Wildman–Crippen LogP) is 3.91. The van der Waals surface area contributed by atoms with Gasteiger partial charge in [-0.3, -0.25) is 4.40 Å². The quantitative estimate of drug-likeness (QED) is 0.791. The zero-order chi connectivity index (χ0) is 14.2. The second-order valence-corrected chi connectivity index (χ2v) is 5.96. The molecule has 2 heterocycles. The maximum atomic E-state index is 6.22. The molecular formula is C17H16ClN3. The van der Waals surface area contributed by atoms with Crippen LogP contribution in [0.1, 0.15) is 18.4 Å². The predicted molar refractivity (Wildman–Crippen MR) is 85.5 cm³/mol. The zero-order valence-electron chi connectivity index (χ0n) is 11.6. The Morgan fingerprint density at radius 3 is 3.00 bits per heavy atom. The van der Waals surface area contributed by atoms with Crippen molar-refractivity contribution in [3.63, 3.8) is 0 Å². The number of halogens is 1. The molecule has 106 valence electrons. The summed E-state index contributed by atoms with van der Waals surface area (Å²) in [7, 11) is 0. The van der Waals surface area contributed by atoms with E-state index < -0.39 is 0 Å². The van der Waals surface area contributed by atoms with Crippen LogP contribution >= 0.6 is 11.6 Å². The lowest BCUT2D eigenvalue weighted by atomic mass is 10.0. The molecule has 0 spiro atoms. The van der Waals surface area contributed by atoms with Crippen LogP contribution in [0.3, 0.4) is 0 Å². The molecule has 3 nitrogen and oxygen atoms in total. The molecule has 3 aromatic rings. The van der Waals surface area contributed by atoms with Crippen molar-refractivity contribution in [3.05, 3.63) is 59.4 Å². The van der Waals surface area contributed by atoms with Crippen LogP contribution in [-0.2, 0) is 6.54 Å². The first-order valence-electron chi connectivity index (χ1n) is 7.25. The van der Waals surface area contributed by atoms with Gasteiger partial charge in [0.2, 0.25) is 0 Å². The van der Waals surface area contributed by atoms with Crippen LogP contribution < -0.4 is 5.32 Å². The highest BCUT2D eigenvalue weighted by atomic mass is 35.5. The summed E-state index contributed by atoms with van der Waals surface area (Å²) in [6.45, 7) is 0.877. The highest BCUT2D eigenvalue weighted by Crippen LogP contribution is 2.28. The van der Waals surface area contributed by atoms with Crippen molar-refractivity contribution < 1.29 is 0 Å². The largest absolute Gasteiger partial charge is 0.310 e. The van der Waals surface area contributed by atoms with Gasteiger partial charge in [-0.2, -0.15) is 0 Å². The summed E-state index contributed by atoms with van der Waals surface area (Å²) in [5.74, 6) is 0. The number of pyridine rings is 1. The van der Waals surface area contributed by atoms with Gasteiger partial charge in [0, 0.05) is 35.6 Å². The molecule has 0 radical (unpaired) electrons. The minimum absolute atomic E-state index is 0.692. The maximum Gasteiger partial charge on any atom is 0.137 e. The number of nitrogens with zero attached hydrogens (tertiary/aromatic N) is 2. The lowest BCUT2D eigenvalue weighted by Crippen LogP contribution is -2.16. The van der Waals surface area contributed by atoms with Crippen LogP contribution in [0, 0.1) is 0 Å². The first kappa shape index (κ1) is 12.9. The van der Waals surface area contributed by atoms with Crippen molar-refractivity contribution in [3.8, 4) is 11.3 Å². The molecule has 0 bridgehead atoms. The highest BCUT2D eigenvalue weighted by Gasteiger charge is 2.20. The van der Waals surface area contributed by atoms with Crippen molar-refractivity contribution in [2.45, 2.75) is 25.4 Å². The number of nitrogens with one attached hydrogen (secondary N) is 1. The van der Waals surface area contributed by atoms with Crippen LogP contribution in [0.2, 0.25) is 5.02 Å². The van der Waals surface area contributed by atoms with Gasteiger partial charge in [0.1, 0.15) is 5.65 Å². The van der Waals surface area contributed by atoms with Gasteiger partial charge >= 0.3 is 0 Å². The lowest BCUT2D eigenvalue weighted by molar-refractivity contribution is 0.688. The fourth-order valence-corrected chi connectivity index (χ4v) is 2.82. The van der Waals surface area contributed by atoms with E-state index in [1.807, 2.05) is 36.7 Å². The van der Waals surface area contributed by atoms with E-state index in [-0.39, 0.29) is 0 Å². The number of benzene rings is 1. The van der Waals surface area contributed by atoms with E-state index in [0.29, 0.717) is 6.04 Å². The summed E-state index contributed by atoms with van der Waals surface area (Å²) in [5, 5.41) is 4.34. The summed E-state index contributed by atoms with van der Waals surface area (Å²) in [6, 6.07) is 13.0. The molecule has 0 aliphatic heterocycles. The average molecular weight is 298 g/mol. The topological polar surface area (TPSA) is 29.3 Å². The van der Waals surface area contributed by atoms with Crippen molar-refractivity contribution in [2.24, 2.45) is 0 Å². The smallest absolute Gasteiger partial charge is 0.137 e. The SMILES string of the molecule is Clc1ccc(CNC2CC2)c(-c2cccc3nccn23)c1. The molecule has 4 rings (SSSR count). The van der Waals surface area contributed by atoms with Gasteiger partial charge in [0.25, 0.3) is 0 Å². The van der Waals surface area contributed by atoms with E-state index in [1.54, 1.807) is 0 Å². The maximum absolute atomic E-state index is 6.22. The standard InChI is InChI=1S/C17H16ClN3/c18-13-5-4-12(11-20-14-6-7-14)15(10-13)16-2-1-3-17-19-8-9-21(16)17/h1-5,8-10,14,20H,6-7,11H2. The van der Waals surface area contributed by atoms with E-state index in [2.05, 4.69) is 26.8 Å². The summed E-state index contributed by atoms with van der Waals surface area (Å²) in [5.41, 5.74) is 4.51. The van der Waals surface area contributed by atoms with Crippen molar-refractivity contribution in [1.82, 2.24) is 14.7 Å². The summed E-state index contributed by atoms with van der Waals surface area (Å²) >= 11 is 6.22. The van der Waals surface area contributed by atoms with Gasteiger partial charge in [-0.25, -0.2) is 4.98 Å². The molecule has 0 unspecified atom stereocenters. The number of aromatic nitrogens is 2. The molecule has 21 heavy (non-hydrogen) atoms. The Morgan fingerprint density at radius 1 is 1.24 bits per heavy atom. The van der Waals surface area contributed by atoms with E-state index >= 15 is 0 Å². The van der Waals surface area contributed by atoms with Crippen molar-refractivity contribution in [2.75, 3.05) is 0 Å². The van der Waals surface area contributed by atoms with E-state index in [9.17, 15) is 0 Å². The van der Waals surface area contributed by atoms with Gasteiger partial charge in [0.15, 0.2) is 0 Å². The zero-order valence-corrected chi connectivity index (χ0v) is 12.3. The Bertz CT molecular complexity index is 790. The number of rotatable bonds is 4. The Hall–Kier alpha value is -1.84. The minimum Gasteiger partial charge on any atom is -0.310 e. The fraction of sp³-hybridized carbons (Fsp3) is 0.235. The third-order valence-corrected chi connectivity index (χ3v) is 4.17. The van der Waals surface area contributed by atoms with E-state index in [1.165, 1.54) is 24.0 Å². The van der Waals surface area contributed by atoms with Gasteiger partial charge in [-0.1, -0.05) is 23.7 Å². The molecular weight excluding hydrogens is 282 g/mol. The monoisotopic (exact) mass is 297 g/mol. The minimum atomic E-state index is 0.692. The molecule has 0 amide bonds. The summed E-state index contributed by atoms with van der Waals surface area (Å²) in [6.07, 6.45) is 6.40. The van der Waals surface area contributed by atoms with E-state index in [4.69, 9.17) is 11.6 Å². The first-order chi connectivity index (χ1) is 10.3. The third kappa shape index (κ3) is 2.55. The second-order valence-electron chi connectivity index (χ2n) is 5.52. The summed E-state index contributed by atoms with van der Waals surface area (Å²) in [4.78, 5) is 4.36. The molecule has 1 fully saturated rings. The first-order valence-corrected chi connectivity index (χ1v) is 7.63. The number of hydrogen-bond donors (Lipinski definition) is 1. The molecule has 1 N–H and O–H groups in total. The van der Waals surface area contributed by atoms with Crippen LogP contribution in [0.5, 0.6) is 0 Å². The normalized spacial score (nSPS) is 14.7. The van der Waals surface area contributed by atoms with Gasteiger partial charge in [-0.15, -0.1) is 0 Å². The third-order valence-electron chi connectivity index (χ3n) is 3.93. The summed E-state index contributed by atoms with van der Waals surface area (Å²) < 4.78 is 2.10. The molecule has 0 atom stereocenters. The highest BCUT2D eigenvalue weighted by molar-refractivity contribution is 6.30. The second kappa shape index (κ2) is 5.17. The molecule has 1 aliphatic rings. The molecule has 4 heteroatoms. The Morgan fingerprint density at radius 2 is 2.14 bits per heavy atom. The Balaban J connectivity index is 1.81. The van der Waals surface area contributed by atoms with Gasteiger partial charge < -0.3 is 5.32 Å². The Kier molecular flexibility index (Phi) is 3.17.